The number of phenols is 2. The van der Waals surface area contributed by atoms with Gasteiger partial charge in [0.2, 0.25) is 0 Å². The third-order valence-corrected chi connectivity index (χ3v) is 4.69. The van der Waals surface area contributed by atoms with Gasteiger partial charge in [-0.1, -0.05) is 18.7 Å². The van der Waals surface area contributed by atoms with E-state index < -0.39 is 6.10 Å². The molecule has 0 saturated carbocycles. The Morgan fingerprint density at radius 2 is 2.04 bits per heavy atom. The quantitative estimate of drug-likeness (QED) is 0.358. The molecule has 5 N–H and O–H groups in total. The normalized spacial score (nSPS) is 12.4. The number of nitrogens with two attached hydrogens (primary N) is 1. The second kappa shape index (κ2) is 8.04. The molecule has 2 rings (SSSR count). The van der Waals surface area contributed by atoms with Crippen LogP contribution in [0, 0.1) is 0 Å². The van der Waals surface area contributed by atoms with E-state index in [0.29, 0.717) is 38.9 Å². The Bertz CT molecular complexity index is 820. The van der Waals surface area contributed by atoms with Gasteiger partial charge >= 0.3 is 0 Å². The highest BCUT2D eigenvalue weighted by Gasteiger charge is 2.19. The van der Waals surface area contributed by atoms with Gasteiger partial charge in [0, 0.05) is 35.7 Å². The van der Waals surface area contributed by atoms with Crippen molar-refractivity contribution < 1.29 is 15.3 Å². The molecule has 0 saturated heterocycles. The van der Waals surface area contributed by atoms with Gasteiger partial charge in [0.25, 0.3) is 0 Å². The number of hydrogen-bond donors (Lipinski definition) is 4. The zero-order valence-electron chi connectivity index (χ0n) is 14.1. The standard InChI is InChI=1S/C18H21N3O3S/c1-4-12-16(11-5-6-14(23)15(24)7-11)13(8-20-3)18(21-17(12)19)25-9-10(2)22/h4-8,10,22-24H,1,9H2,2-3H3,(H2,19,21). The van der Waals surface area contributed by atoms with Crippen LogP contribution in [0.25, 0.3) is 17.2 Å². The summed E-state index contributed by atoms with van der Waals surface area (Å²) in [6.07, 6.45) is 2.75. The van der Waals surface area contributed by atoms with Crippen LogP contribution in [0.2, 0.25) is 0 Å². The fourth-order valence-corrected chi connectivity index (χ4v) is 3.24. The third-order valence-electron chi connectivity index (χ3n) is 3.45. The maximum Gasteiger partial charge on any atom is 0.158 e. The van der Waals surface area contributed by atoms with Crippen molar-refractivity contribution in [1.29, 1.82) is 0 Å². The van der Waals surface area contributed by atoms with Gasteiger partial charge in [0.1, 0.15) is 10.8 Å². The zero-order valence-corrected chi connectivity index (χ0v) is 14.9. The highest BCUT2D eigenvalue weighted by atomic mass is 32.2. The summed E-state index contributed by atoms with van der Waals surface area (Å²) < 4.78 is 0. The smallest absolute Gasteiger partial charge is 0.158 e. The predicted molar refractivity (Wildman–Crippen MR) is 103 cm³/mol. The summed E-state index contributed by atoms with van der Waals surface area (Å²) in [5.41, 5.74) is 8.77. The number of nitrogens with zero attached hydrogens (tertiary/aromatic N) is 2. The molecule has 0 aliphatic rings. The molecule has 0 fully saturated rings. The van der Waals surface area contributed by atoms with Crippen LogP contribution in [0.5, 0.6) is 11.5 Å². The second-order valence-electron chi connectivity index (χ2n) is 5.46. The molecule has 0 aliphatic heterocycles. The lowest BCUT2D eigenvalue weighted by Gasteiger charge is -2.17. The first-order valence-corrected chi connectivity index (χ1v) is 8.58. The minimum Gasteiger partial charge on any atom is -0.504 e. The fraction of sp³-hybridized carbons (Fsp3) is 0.222. The summed E-state index contributed by atoms with van der Waals surface area (Å²) >= 11 is 1.37. The Labute approximate surface area is 150 Å². The van der Waals surface area contributed by atoms with Gasteiger partial charge in [0.15, 0.2) is 11.5 Å². The molecule has 0 spiro atoms. The minimum absolute atomic E-state index is 0.208. The van der Waals surface area contributed by atoms with Crippen molar-refractivity contribution in [2.45, 2.75) is 18.1 Å². The molecule has 0 bridgehead atoms. The van der Waals surface area contributed by atoms with Crippen LogP contribution in [0.3, 0.4) is 0 Å². The number of hydrogen-bond acceptors (Lipinski definition) is 7. The van der Waals surface area contributed by atoms with Crippen LogP contribution in [-0.2, 0) is 0 Å². The van der Waals surface area contributed by atoms with E-state index in [1.54, 1.807) is 32.3 Å². The number of nitrogen functional groups attached to an aromatic ring is 1. The summed E-state index contributed by atoms with van der Waals surface area (Å²) in [6.45, 7) is 5.50. The first-order chi connectivity index (χ1) is 11.9. The number of aliphatic hydroxyl groups excluding tert-OH is 1. The van der Waals surface area contributed by atoms with E-state index in [2.05, 4.69) is 16.6 Å². The van der Waals surface area contributed by atoms with E-state index >= 15 is 0 Å². The number of benzene rings is 1. The topological polar surface area (TPSA) is 112 Å². The first-order valence-electron chi connectivity index (χ1n) is 7.60. The lowest BCUT2D eigenvalue weighted by atomic mass is 9.95. The van der Waals surface area contributed by atoms with Crippen molar-refractivity contribution >= 4 is 29.9 Å². The average Bonchev–Trinajstić information content (AvgIpc) is 2.57. The number of aromatic nitrogens is 1. The predicted octanol–water partition coefficient (Wildman–Crippen LogP) is 2.91. The number of phenolic OH excluding ortho intramolecular Hbond substituents is 2. The van der Waals surface area contributed by atoms with Crippen LogP contribution in [0.1, 0.15) is 18.1 Å². The van der Waals surface area contributed by atoms with Crippen molar-refractivity contribution in [2.24, 2.45) is 4.99 Å². The fourth-order valence-electron chi connectivity index (χ4n) is 2.36. The Morgan fingerprint density at radius 1 is 1.32 bits per heavy atom. The van der Waals surface area contributed by atoms with Gasteiger partial charge in [-0.2, -0.15) is 0 Å². The molecular weight excluding hydrogens is 338 g/mol. The number of rotatable bonds is 6. The molecule has 7 heteroatoms. The van der Waals surface area contributed by atoms with Gasteiger partial charge in [-0.25, -0.2) is 4.98 Å². The monoisotopic (exact) mass is 359 g/mol. The molecule has 0 aliphatic carbocycles. The molecule has 1 aromatic heterocycles. The Hall–Kier alpha value is -2.51. The maximum atomic E-state index is 9.87. The summed E-state index contributed by atoms with van der Waals surface area (Å²) in [6, 6.07) is 4.53. The summed E-state index contributed by atoms with van der Waals surface area (Å²) in [7, 11) is 1.64. The van der Waals surface area contributed by atoms with Crippen molar-refractivity contribution in [3.8, 4) is 22.6 Å². The van der Waals surface area contributed by atoms with E-state index in [1.165, 1.54) is 23.9 Å². The molecule has 6 nitrogen and oxygen atoms in total. The molecule has 1 unspecified atom stereocenters. The van der Waals surface area contributed by atoms with Crippen LogP contribution >= 0.6 is 11.8 Å². The van der Waals surface area contributed by atoms with Gasteiger partial charge in [-0.15, -0.1) is 11.8 Å². The van der Waals surface area contributed by atoms with Crippen LogP contribution in [-0.4, -0.2) is 45.4 Å². The van der Waals surface area contributed by atoms with Crippen LogP contribution < -0.4 is 5.73 Å². The molecule has 25 heavy (non-hydrogen) atoms. The number of pyridine rings is 1. The van der Waals surface area contributed by atoms with Crippen LogP contribution in [0.15, 0.2) is 34.8 Å². The number of aliphatic imine (C=N–C) groups is 1. The number of aromatic hydroxyl groups is 2. The third kappa shape index (κ3) is 4.12. The molecule has 1 atom stereocenters. The molecular formula is C18H21N3O3S. The van der Waals surface area contributed by atoms with E-state index in [9.17, 15) is 15.3 Å². The van der Waals surface area contributed by atoms with E-state index in [1.807, 2.05) is 0 Å². The highest BCUT2D eigenvalue weighted by Crippen LogP contribution is 2.39. The largest absolute Gasteiger partial charge is 0.504 e. The lowest BCUT2D eigenvalue weighted by Crippen LogP contribution is -2.07. The SMILES string of the molecule is C=Cc1c(N)nc(SCC(C)O)c(C=NC)c1-c1ccc(O)c(O)c1. The number of anilines is 1. The molecule has 0 amide bonds. The Morgan fingerprint density at radius 3 is 2.60 bits per heavy atom. The van der Waals surface area contributed by atoms with Gasteiger partial charge in [0.05, 0.1) is 6.10 Å². The Balaban J connectivity index is 2.76. The molecule has 1 heterocycles. The van der Waals surface area contributed by atoms with E-state index in [-0.39, 0.29) is 11.5 Å². The number of thioether (sulfide) groups is 1. The van der Waals surface area contributed by atoms with Gasteiger partial charge < -0.3 is 21.1 Å². The first kappa shape index (κ1) is 18.8. The van der Waals surface area contributed by atoms with E-state index in [4.69, 9.17) is 5.73 Å². The van der Waals surface area contributed by atoms with E-state index in [0.717, 1.165) is 0 Å². The molecule has 2 aromatic rings. The minimum atomic E-state index is -0.500. The highest BCUT2D eigenvalue weighted by molar-refractivity contribution is 7.99. The average molecular weight is 359 g/mol. The Kier molecular flexibility index (Phi) is 6.06. The molecule has 132 valence electrons. The van der Waals surface area contributed by atoms with Crippen molar-refractivity contribution in [2.75, 3.05) is 18.5 Å². The van der Waals surface area contributed by atoms with Gasteiger partial charge in [-0.05, 0) is 24.6 Å². The lowest BCUT2D eigenvalue weighted by molar-refractivity contribution is 0.220. The molecule has 0 radical (unpaired) electrons. The van der Waals surface area contributed by atoms with Crippen molar-refractivity contribution in [3.05, 3.63) is 35.9 Å². The maximum absolute atomic E-state index is 9.87. The number of aliphatic hydroxyl groups is 1. The summed E-state index contributed by atoms with van der Waals surface area (Å²) in [4.78, 5) is 8.51. The van der Waals surface area contributed by atoms with Crippen LogP contribution in [0.4, 0.5) is 5.82 Å². The molecule has 1 aromatic carbocycles. The second-order valence-corrected chi connectivity index (χ2v) is 6.47. The van der Waals surface area contributed by atoms with Crippen molar-refractivity contribution in [3.63, 3.8) is 0 Å². The zero-order chi connectivity index (χ0) is 18.6. The summed E-state index contributed by atoms with van der Waals surface area (Å²) in [5, 5.41) is 29.6. The van der Waals surface area contributed by atoms with Gasteiger partial charge in [-0.3, -0.25) is 4.99 Å². The summed E-state index contributed by atoms with van der Waals surface area (Å²) in [5.74, 6) is 0.296. The van der Waals surface area contributed by atoms with Crippen molar-refractivity contribution in [1.82, 2.24) is 4.98 Å².